The molecule has 1 aliphatic rings. The lowest BCUT2D eigenvalue weighted by Gasteiger charge is -2.24. The molecule has 1 fully saturated rings. The summed E-state index contributed by atoms with van der Waals surface area (Å²) >= 11 is 0. The first-order valence-electron chi connectivity index (χ1n) is 8.83. The number of nitrogens with zero attached hydrogens (tertiary/aromatic N) is 1. The van der Waals surface area contributed by atoms with Crippen molar-refractivity contribution in [1.29, 1.82) is 0 Å². The first-order valence-corrected chi connectivity index (χ1v) is 10.7. The Morgan fingerprint density at radius 3 is 2.36 bits per heavy atom. The number of halogens is 1. The van der Waals surface area contributed by atoms with Gasteiger partial charge in [-0.3, -0.25) is 4.99 Å². The topological polar surface area (TPSA) is 70.6 Å². The molecule has 0 radical (unpaired) electrons. The molecule has 2 N–H and O–H groups in total. The fraction of sp³-hybridized carbons (Fsp3) is 0.611. The van der Waals surface area contributed by atoms with Gasteiger partial charge in [0.1, 0.15) is 0 Å². The third kappa shape index (κ3) is 7.94. The Kier molecular flexibility index (Phi) is 9.78. The highest BCUT2D eigenvalue weighted by Gasteiger charge is 2.14. The van der Waals surface area contributed by atoms with Gasteiger partial charge in [0.15, 0.2) is 15.8 Å². The van der Waals surface area contributed by atoms with E-state index >= 15 is 0 Å². The van der Waals surface area contributed by atoms with Crippen molar-refractivity contribution in [2.45, 2.75) is 56.4 Å². The van der Waals surface area contributed by atoms with Crippen molar-refractivity contribution in [2.24, 2.45) is 4.99 Å². The number of benzene rings is 1. The van der Waals surface area contributed by atoms with Crippen LogP contribution in [0.2, 0.25) is 0 Å². The molecular formula is C18H30IN3O2S. The second-order valence-corrected chi connectivity index (χ2v) is 8.42. The van der Waals surface area contributed by atoms with Gasteiger partial charge >= 0.3 is 0 Å². The quantitative estimate of drug-likeness (QED) is 0.374. The molecule has 142 valence electrons. The second kappa shape index (κ2) is 11.0. The molecule has 5 nitrogen and oxygen atoms in total. The molecule has 7 heteroatoms. The van der Waals surface area contributed by atoms with Gasteiger partial charge in [-0.1, -0.05) is 31.4 Å². The zero-order chi connectivity index (χ0) is 17.4. The van der Waals surface area contributed by atoms with E-state index in [2.05, 4.69) is 22.5 Å². The Labute approximate surface area is 169 Å². The van der Waals surface area contributed by atoms with E-state index in [4.69, 9.17) is 0 Å². The third-order valence-corrected chi connectivity index (χ3v) is 5.44. The van der Waals surface area contributed by atoms with Gasteiger partial charge < -0.3 is 10.6 Å². The highest BCUT2D eigenvalue weighted by Crippen LogP contribution is 2.17. The van der Waals surface area contributed by atoms with E-state index in [1.54, 1.807) is 12.1 Å². The van der Waals surface area contributed by atoms with Crippen molar-refractivity contribution in [3.63, 3.8) is 0 Å². The number of rotatable bonds is 6. The molecule has 0 spiro atoms. The van der Waals surface area contributed by atoms with Crippen LogP contribution >= 0.6 is 24.0 Å². The zero-order valence-corrected chi connectivity index (χ0v) is 18.3. The van der Waals surface area contributed by atoms with Gasteiger partial charge in [0.2, 0.25) is 0 Å². The van der Waals surface area contributed by atoms with Crippen LogP contribution in [0.1, 0.15) is 44.6 Å². The molecule has 0 bridgehead atoms. The summed E-state index contributed by atoms with van der Waals surface area (Å²) in [5, 5.41) is 6.84. The number of sulfone groups is 1. The highest BCUT2D eigenvalue weighted by molar-refractivity contribution is 14.0. The van der Waals surface area contributed by atoms with Crippen molar-refractivity contribution in [3.05, 3.63) is 29.8 Å². The third-order valence-electron chi connectivity index (χ3n) is 4.31. The summed E-state index contributed by atoms with van der Waals surface area (Å²) in [6.07, 6.45) is 8.40. The van der Waals surface area contributed by atoms with Crippen LogP contribution in [0.3, 0.4) is 0 Å². The van der Waals surface area contributed by atoms with Crippen LogP contribution in [0.4, 0.5) is 0 Å². The van der Waals surface area contributed by atoms with E-state index in [1.165, 1.54) is 38.4 Å². The molecule has 0 unspecified atom stereocenters. The molecule has 0 atom stereocenters. The average molecular weight is 479 g/mol. The minimum Gasteiger partial charge on any atom is -0.357 e. The Morgan fingerprint density at radius 1 is 1.16 bits per heavy atom. The lowest BCUT2D eigenvalue weighted by atomic mass is 9.96. The van der Waals surface area contributed by atoms with E-state index in [0.717, 1.165) is 24.5 Å². The Balaban J connectivity index is 0.00000312. The van der Waals surface area contributed by atoms with E-state index in [1.807, 2.05) is 12.1 Å². The maximum Gasteiger partial charge on any atom is 0.191 e. The van der Waals surface area contributed by atoms with Crippen LogP contribution in [0.5, 0.6) is 0 Å². The summed E-state index contributed by atoms with van der Waals surface area (Å²) in [4.78, 5) is 5.01. The first-order chi connectivity index (χ1) is 11.5. The molecule has 2 rings (SSSR count). The van der Waals surface area contributed by atoms with Gasteiger partial charge in [0, 0.05) is 25.4 Å². The molecule has 0 aliphatic heterocycles. The Morgan fingerprint density at radius 2 is 1.80 bits per heavy atom. The molecule has 1 aromatic rings. The summed E-state index contributed by atoms with van der Waals surface area (Å²) in [7, 11) is -3.12. The number of guanidine groups is 1. The monoisotopic (exact) mass is 479 g/mol. The maximum atomic E-state index is 11.5. The van der Waals surface area contributed by atoms with E-state index < -0.39 is 9.84 Å². The molecule has 0 saturated heterocycles. The maximum absolute atomic E-state index is 11.5. The van der Waals surface area contributed by atoms with E-state index in [0.29, 0.717) is 17.5 Å². The summed E-state index contributed by atoms with van der Waals surface area (Å²) in [6, 6.07) is 7.60. The fourth-order valence-electron chi connectivity index (χ4n) is 2.96. The summed E-state index contributed by atoms with van der Waals surface area (Å²) in [5.41, 5.74) is 1.10. The zero-order valence-electron chi connectivity index (χ0n) is 15.1. The number of hydrogen-bond donors (Lipinski definition) is 2. The van der Waals surface area contributed by atoms with Crippen LogP contribution in [0.25, 0.3) is 0 Å². The molecule has 0 amide bonds. The largest absolute Gasteiger partial charge is 0.357 e. The lowest BCUT2D eigenvalue weighted by Crippen LogP contribution is -2.44. The van der Waals surface area contributed by atoms with Crippen molar-refractivity contribution >= 4 is 39.8 Å². The fourth-order valence-corrected chi connectivity index (χ4v) is 3.59. The van der Waals surface area contributed by atoms with Crippen molar-refractivity contribution in [2.75, 3.05) is 19.3 Å². The van der Waals surface area contributed by atoms with Crippen LogP contribution in [-0.2, 0) is 16.3 Å². The van der Waals surface area contributed by atoms with E-state index in [-0.39, 0.29) is 24.0 Å². The van der Waals surface area contributed by atoms with Crippen molar-refractivity contribution in [1.82, 2.24) is 10.6 Å². The predicted molar refractivity (Wildman–Crippen MR) is 115 cm³/mol. The normalized spacial score (nSPS) is 16.2. The van der Waals surface area contributed by atoms with Gasteiger partial charge in [0.25, 0.3) is 0 Å². The standard InChI is InChI=1S/C18H29N3O2S.HI/c1-3-19-18(21-16-7-5-4-6-8-16)20-14-13-15-9-11-17(12-10-15)24(2,22)23;/h9-12,16H,3-8,13-14H2,1-2H3,(H2,19,20,21);1H. The van der Waals surface area contributed by atoms with Gasteiger partial charge in [-0.05, 0) is 43.9 Å². The van der Waals surface area contributed by atoms with Gasteiger partial charge in [-0.2, -0.15) is 0 Å². The molecule has 0 aromatic heterocycles. The molecule has 1 aliphatic carbocycles. The van der Waals surface area contributed by atoms with Gasteiger partial charge in [-0.15, -0.1) is 24.0 Å². The molecule has 0 heterocycles. The van der Waals surface area contributed by atoms with Gasteiger partial charge in [-0.25, -0.2) is 8.42 Å². The molecule has 1 saturated carbocycles. The second-order valence-electron chi connectivity index (χ2n) is 6.41. The Bertz CT molecular complexity index is 639. The van der Waals surface area contributed by atoms with Gasteiger partial charge in [0.05, 0.1) is 4.90 Å². The summed E-state index contributed by atoms with van der Waals surface area (Å²) in [6.45, 7) is 3.60. The SMILES string of the molecule is CCNC(=NCCc1ccc(S(C)(=O)=O)cc1)NC1CCCCC1.I. The van der Waals surface area contributed by atoms with Crippen LogP contribution in [0, 0.1) is 0 Å². The van der Waals surface area contributed by atoms with Crippen molar-refractivity contribution < 1.29 is 8.42 Å². The Hall–Kier alpha value is -0.830. The molecule has 25 heavy (non-hydrogen) atoms. The molecular weight excluding hydrogens is 449 g/mol. The predicted octanol–water partition coefficient (Wildman–Crippen LogP) is 3.14. The van der Waals surface area contributed by atoms with Crippen molar-refractivity contribution in [3.8, 4) is 0 Å². The lowest BCUT2D eigenvalue weighted by molar-refractivity contribution is 0.410. The van der Waals surface area contributed by atoms with E-state index in [9.17, 15) is 8.42 Å². The smallest absolute Gasteiger partial charge is 0.191 e. The van der Waals surface area contributed by atoms with Crippen LogP contribution in [-0.4, -0.2) is 39.8 Å². The summed E-state index contributed by atoms with van der Waals surface area (Å²) < 4.78 is 22.9. The van der Waals surface area contributed by atoms with Crippen LogP contribution < -0.4 is 10.6 Å². The van der Waals surface area contributed by atoms with Crippen LogP contribution in [0.15, 0.2) is 34.2 Å². The minimum atomic E-state index is -3.12. The number of aliphatic imine (C=N–C) groups is 1. The summed E-state index contributed by atoms with van der Waals surface area (Å²) in [5.74, 6) is 0.886. The first kappa shape index (κ1) is 22.2. The highest BCUT2D eigenvalue weighted by atomic mass is 127. The average Bonchev–Trinajstić information content (AvgIpc) is 2.55. The molecule has 1 aromatic carbocycles. The number of hydrogen-bond acceptors (Lipinski definition) is 3. The minimum absolute atomic E-state index is 0. The number of nitrogens with one attached hydrogen (secondary N) is 2.